The quantitative estimate of drug-likeness (QED) is 0.853. The number of amides is 1. The summed E-state index contributed by atoms with van der Waals surface area (Å²) in [5, 5.41) is 6.78. The maximum absolute atomic E-state index is 11.8. The number of carbonyl (C=O) groups is 1. The fraction of sp³-hybridized carbons (Fsp3) is 0.600. The molecule has 1 aliphatic rings. The lowest BCUT2D eigenvalue weighted by Crippen LogP contribution is -2.24. The molecule has 0 saturated carbocycles. The Labute approximate surface area is 105 Å². The first-order chi connectivity index (χ1) is 7.16. The lowest BCUT2D eigenvalue weighted by Gasteiger charge is -2.06. The van der Waals surface area contributed by atoms with Crippen LogP contribution in [0.15, 0.2) is 0 Å². The highest BCUT2D eigenvalue weighted by Gasteiger charge is 2.23. The van der Waals surface area contributed by atoms with Crippen LogP contribution in [0.1, 0.15) is 17.0 Å². The van der Waals surface area contributed by atoms with E-state index in [0.29, 0.717) is 0 Å². The number of hydrogen-bond acceptors (Lipinski definition) is 4. The van der Waals surface area contributed by atoms with Gasteiger partial charge in [0.2, 0.25) is 5.91 Å². The number of aromatic nitrogens is 1. The first kappa shape index (κ1) is 13.4. The van der Waals surface area contributed by atoms with Gasteiger partial charge in [-0.05, 0) is 26.8 Å². The Morgan fingerprint density at radius 3 is 2.81 bits per heavy atom. The van der Waals surface area contributed by atoms with Gasteiger partial charge in [0.15, 0.2) is 5.13 Å². The third-order valence-electron chi connectivity index (χ3n) is 2.69. The molecule has 1 aliphatic heterocycles. The van der Waals surface area contributed by atoms with E-state index in [2.05, 4.69) is 15.6 Å². The number of thiazole rings is 1. The monoisotopic (exact) mass is 261 g/mol. The van der Waals surface area contributed by atoms with E-state index in [4.69, 9.17) is 0 Å². The second-order valence-electron chi connectivity index (χ2n) is 3.84. The molecular weight excluding hydrogens is 246 g/mol. The molecule has 4 nitrogen and oxygen atoms in total. The predicted molar refractivity (Wildman–Crippen MR) is 68.4 cm³/mol. The molecule has 1 fully saturated rings. The summed E-state index contributed by atoms with van der Waals surface area (Å²) in [6.07, 6.45) is 0.926. The van der Waals surface area contributed by atoms with Gasteiger partial charge in [-0.3, -0.25) is 4.79 Å². The Morgan fingerprint density at radius 2 is 2.31 bits per heavy atom. The van der Waals surface area contributed by atoms with Crippen molar-refractivity contribution < 1.29 is 4.79 Å². The lowest BCUT2D eigenvalue weighted by molar-refractivity contribution is -0.119. The standard InChI is InChI=1S/C10H15N3OS.ClH/c1-6-7(2)15-10(12-6)13-9(14)8-3-4-11-5-8;/h8,11H,3-5H2,1-2H3,(H,12,13,14);1H. The molecule has 1 aromatic rings. The van der Waals surface area contributed by atoms with Crippen LogP contribution >= 0.6 is 23.7 Å². The average Bonchev–Trinajstić information content (AvgIpc) is 2.77. The predicted octanol–water partition coefficient (Wildman–Crippen LogP) is 1.73. The fourth-order valence-corrected chi connectivity index (χ4v) is 2.43. The van der Waals surface area contributed by atoms with Gasteiger partial charge in [-0.25, -0.2) is 4.98 Å². The van der Waals surface area contributed by atoms with E-state index >= 15 is 0 Å². The number of halogens is 1. The molecule has 6 heteroatoms. The molecular formula is C10H16ClN3OS. The summed E-state index contributed by atoms with van der Waals surface area (Å²) in [5.41, 5.74) is 1.000. The molecule has 0 spiro atoms. The van der Waals surface area contributed by atoms with E-state index in [-0.39, 0.29) is 24.2 Å². The third kappa shape index (κ3) is 2.93. The molecule has 0 aliphatic carbocycles. The van der Waals surface area contributed by atoms with Crippen molar-refractivity contribution in [2.24, 2.45) is 5.92 Å². The summed E-state index contributed by atoms with van der Waals surface area (Å²) >= 11 is 1.54. The van der Waals surface area contributed by atoms with Gasteiger partial charge in [-0.15, -0.1) is 23.7 Å². The highest BCUT2D eigenvalue weighted by Crippen LogP contribution is 2.22. The van der Waals surface area contributed by atoms with E-state index in [1.807, 2.05) is 13.8 Å². The van der Waals surface area contributed by atoms with Crippen molar-refractivity contribution in [2.45, 2.75) is 20.3 Å². The van der Waals surface area contributed by atoms with E-state index in [9.17, 15) is 4.79 Å². The number of rotatable bonds is 2. The summed E-state index contributed by atoms with van der Waals surface area (Å²) in [5.74, 6) is 0.197. The lowest BCUT2D eigenvalue weighted by atomic mass is 10.1. The average molecular weight is 262 g/mol. The smallest absolute Gasteiger partial charge is 0.230 e. The highest BCUT2D eigenvalue weighted by atomic mass is 35.5. The number of nitrogens with zero attached hydrogens (tertiary/aromatic N) is 1. The molecule has 2 N–H and O–H groups in total. The first-order valence-electron chi connectivity index (χ1n) is 5.12. The van der Waals surface area contributed by atoms with Gasteiger partial charge in [0, 0.05) is 11.4 Å². The van der Waals surface area contributed by atoms with Crippen LogP contribution in [-0.4, -0.2) is 24.0 Å². The summed E-state index contributed by atoms with van der Waals surface area (Å²) in [4.78, 5) is 17.2. The highest BCUT2D eigenvalue weighted by molar-refractivity contribution is 7.15. The zero-order valence-electron chi connectivity index (χ0n) is 9.37. The molecule has 16 heavy (non-hydrogen) atoms. The minimum absolute atomic E-state index is 0. The van der Waals surface area contributed by atoms with Gasteiger partial charge in [-0.2, -0.15) is 0 Å². The minimum Gasteiger partial charge on any atom is -0.316 e. The molecule has 2 rings (SSSR count). The van der Waals surface area contributed by atoms with Gasteiger partial charge in [0.05, 0.1) is 11.6 Å². The van der Waals surface area contributed by atoms with Crippen molar-refractivity contribution in [3.05, 3.63) is 10.6 Å². The molecule has 1 amide bonds. The molecule has 1 saturated heterocycles. The molecule has 1 aromatic heterocycles. The minimum atomic E-state index is 0. The number of aryl methyl sites for hydroxylation is 2. The number of nitrogens with one attached hydrogen (secondary N) is 2. The van der Waals surface area contributed by atoms with Gasteiger partial charge >= 0.3 is 0 Å². The summed E-state index contributed by atoms with van der Waals surface area (Å²) in [7, 11) is 0. The zero-order chi connectivity index (χ0) is 10.8. The van der Waals surface area contributed by atoms with Crippen molar-refractivity contribution in [1.82, 2.24) is 10.3 Å². The molecule has 0 radical (unpaired) electrons. The van der Waals surface area contributed by atoms with Crippen LogP contribution in [0.25, 0.3) is 0 Å². The largest absolute Gasteiger partial charge is 0.316 e. The van der Waals surface area contributed by atoms with Gasteiger partial charge < -0.3 is 10.6 Å². The number of carbonyl (C=O) groups excluding carboxylic acids is 1. The Hall–Kier alpha value is -0.650. The normalized spacial score (nSPS) is 19.2. The Kier molecular flexibility index (Phi) is 4.70. The van der Waals surface area contributed by atoms with Crippen LogP contribution in [0.2, 0.25) is 0 Å². The molecule has 2 heterocycles. The maximum atomic E-state index is 11.8. The number of anilines is 1. The number of hydrogen-bond donors (Lipinski definition) is 2. The van der Waals surface area contributed by atoms with E-state index in [1.165, 1.54) is 11.3 Å². The molecule has 1 atom stereocenters. The zero-order valence-corrected chi connectivity index (χ0v) is 11.0. The van der Waals surface area contributed by atoms with Gasteiger partial charge in [0.1, 0.15) is 0 Å². The summed E-state index contributed by atoms with van der Waals surface area (Å²) in [6, 6.07) is 0. The third-order valence-corrected chi connectivity index (χ3v) is 3.68. The SMILES string of the molecule is Cc1nc(NC(=O)C2CCNC2)sc1C.Cl. The van der Waals surface area contributed by atoms with Gasteiger partial charge in [-0.1, -0.05) is 0 Å². The Morgan fingerprint density at radius 1 is 1.56 bits per heavy atom. The van der Waals surface area contributed by atoms with E-state index in [0.717, 1.165) is 35.2 Å². The first-order valence-corrected chi connectivity index (χ1v) is 5.94. The molecule has 1 unspecified atom stereocenters. The Balaban J connectivity index is 0.00000128. The van der Waals surface area contributed by atoms with Crippen molar-refractivity contribution in [1.29, 1.82) is 0 Å². The van der Waals surface area contributed by atoms with Crippen LogP contribution in [-0.2, 0) is 4.79 Å². The molecule has 0 aromatic carbocycles. The van der Waals surface area contributed by atoms with Crippen molar-refractivity contribution in [2.75, 3.05) is 18.4 Å². The Bertz CT molecular complexity index is 355. The fourth-order valence-electron chi connectivity index (χ4n) is 1.61. The van der Waals surface area contributed by atoms with Crippen molar-refractivity contribution >= 4 is 34.8 Å². The van der Waals surface area contributed by atoms with Crippen LogP contribution < -0.4 is 10.6 Å². The molecule has 90 valence electrons. The maximum Gasteiger partial charge on any atom is 0.230 e. The topological polar surface area (TPSA) is 54.0 Å². The summed E-state index contributed by atoms with van der Waals surface area (Å²) < 4.78 is 0. The van der Waals surface area contributed by atoms with Crippen LogP contribution in [0.3, 0.4) is 0 Å². The van der Waals surface area contributed by atoms with Crippen LogP contribution in [0.4, 0.5) is 5.13 Å². The van der Waals surface area contributed by atoms with Crippen LogP contribution in [0, 0.1) is 19.8 Å². The van der Waals surface area contributed by atoms with E-state index < -0.39 is 0 Å². The summed E-state index contributed by atoms with van der Waals surface area (Å²) in [6.45, 7) is 5.70. The second-order valence-corrected chi connectivity index (χ2v) is 5.04. The van der Waals surface area contributed by atoms with Gasteiger partial charge in [0.25, 0.3) is 0 Å². The van der Waals surface area contributed by atoms with Crippen LogP contribution in [0.5, 0.6) is 0 Å². The second kappa shape index (κ2) is 5.61. The van der Waals surface area contributed by atoms with E-state index in [1.54, 1.807) is 0 Å². The molecule has 0 bridgehead atoms. The van der Waals surface area contributed by atoms with Crippen molar-refractivity contribution in [3.63, 3.8) is 0 Å². The van der Waals surface area contributed by atoms with Crippen molar-refractivity contribution in [3.8, 4) is 0 Å².